The van der Waals surface area contributed by atoms with E-state index in [0.29, 0.717) is 41.3 Å². The lowest BCUT2D eigenvalue weighted by atomic mass is 9.81. The summed E-state index contributed by atoms with van der Waals surface area (Å²) in [5.74, 6) is -0.0723. The van der Waals surface area contributed by atoms with Crippen LogP contribution in [-0.2, 0) is 11.2 Å². The Morgan fingerprint density at radius 3 is 2.72 bits per heavy atom. The number of aromatic nitrogens is 1. The number of fused-ring (bicyclic) bond motifs is 1. The van der Waals surface area contributed by atoms with Gasteiger partial charge in [-0.3, -0.25) is 4.79 Å². The van der Waals surface area contributed by atoms with E-state index < -0.39 is 5.97 Å². The lowest BCUT2D eigenvalue weighted by Crippen LogP contribution is -2.18. The van der Waals surface area contributed by atoms with Crippen molar-refractivity contribution in [1.29, 1.82) is 0 Å². The van der Waals surface area contributed by atoms with E-state index in [1.54, 1.807) is 6.92 Å². The first-order chi connectivity index (χ1) is 11.9. The van der Waals surface area contributed by atoms with Gasteiger partial charge in [-0.2, -0.15) is 0 Å². The molecule has 0 spiro atoms. The highest BCUT2D eigenvalue weighted by atomic mass is 35.5. The van der Waals surface area contributed by atoms with E-state index in [4.69, 9.17) is 16.3 Å². The highest BCUT2D eigenvalue weighted by molar-refractivity contribution is 6.31. The molecule has 0 saturated carbocycles. The van der Waals surface area contributed by atoms with E-state index in [2.05, 4.69) is 4.98 Å². The molecular weight excluding hydrogens is 338 g/mol. The zero-order valence-corrected chi connectivity index (χ0v) is 15.4. The van der Waals surface area contributed by atoms with Crippen LogP contribution < -0.4 is 0 Å². The van der Waals surface area contributed by atoms with Gasteiger partial charge in [0.05, 0.1) is 6.61 Å². The van der Waals surface area contributed by atoms with Gasteiger partial charge >= 0.3 is 5.97 Å². The van der Waals surface area contributed by atoms with Crippen LogP contribution >= 0.6 is 11.6 Å². The van der Waals surface area contributed by atoms with Crippen LogP contribution in [0.1, 0.15) is 63.9 Å². The maximum atomic E-state index is 12.7. The van der Waals surface area contributed by atoms with Gasteiger partial charge in [-0.25, -0.2) is 4.79 Å². The normalized spacial score (nSPS) is 16.8. The molecule has 132 valence electrons. The molecule has 0 amide bonds. The van der Waals surface area contributed by atoms with Crippen LogP contribution in [0.2, 0.25) is 5.02 Å². The molecule has 1 heterocycles. The highest BCUT2D eigenvalue weighted by Gasteiger charge is 2.32. The maximum absolute atomic E-state index is 12.7. The van der Waals surface area contributed by atoms with Crippen molar-refractivity contribution < 1.29 is 14.3 Å². The summed E-state index contributed by atoms with van der Waals surface area (Å²) in [6, 6.07) is 7.60. The monoisotopic (exact) mass is 359 g/mol. The SMILES string of the molecule is Cc1c(C(=O)OCC(C)C)[nH]c2c1C(=O)C[C@@H](c1ccccc1Cl)C2. The van der Waals surface area contributed by atoms with Gasteiger partial charge in [0.15, 0.2) is 5.78 Å². The number of Topliss-reactive ketones (excluding diaryl/α,β-unsaturated/α-hetero) is 1. The van der Waals surface area contributed by atoms with Gasteiger partial charge in [0.25, 0.3) is 0 Å². The summed E-state index contributed by atoms with van der Waals surface area (Å²) in [6.45, 7) is 6.13. The van der Waals surface area contributed by atoms with Crippen molar-refractivity contribution in [3.05, 3.63) is 57.4 Å². The standard InChI is InChI=1S/C20H22ClNO3/c1-11(2)10-25-20(24)19-12(3)18-16(22-19)8-13(9-17(18)23)14-6-4-5-7-15(14)21/h4-7,11,13,22H,8-10H2,1-3H3/t13-/m0/s1. The van der Waals surface area contributed by atoms with E-state index in [1.165, 1.54) is 0 Å². The number of ether oxygens (including phenoxy) is 1. The summed E-state index contributed by atoms with van der Waals surface area (Å²) >= 11 is 6.29. The highest BCUT2D eigenvalue weighted by Crippen LogP contribution is 2.37. The second kappa shape index (κ2) is 7.04. The van der Waals surface area contributed by atoms with Gasteiger partial charge in [-0.1, -0.05) is 43.6 Å². The smallest absolute Gasteiger partial charge is 0.355 e. The third-order valence-electron chi connectivity index (χ3n) is 4.59. The molecule has 25 heavy (non-hydrogen) atoms. The molecule has 0 aliphatic heterocycles. The number of hydrogen-bond donors (Lipinski definition) is 1. The number of carbonyl (C=O) groups is 2. The molecule has 0 radical (unpaired) electrons. The first-order valence-electron chi connectivity index (χ1n) is 8.54. The molecule has 3 rings (SSSR count). The fourth-order valence-electron chi connectivity index (χ4n) is 3.38. The van der Waals surface area contributed by atoms with Crippen molar-refractivity contribution in [2.45, 2.75) is 39.5 Å². The molecule has 4 nitrogen and oxygen atoms in total. The average molecular weight is 360 g/mol. The minimum atomic E-state index is -0.400. The summed E-state index contributed by atoms with van der Waals surface area (Å²) in [5.41, 5.74) is 3.49. The van der Waals surface area contributed by atoms with Gasteiger partial charge in [-0.05, 0) is 42.4 Å². The molecule has 1 N–H and O–H groups in total. The van der Waals surface area contributed by atoms with Crippen LogP contribution in [0.25, 0.3) is 0 Å². The van der Waals surface area contributed by atoms with Gasteiger partial charge in [0.2, 0.25) is 0 Å². The molecule has 0 unspecified atom stereocenters. The molecule has 1 aromatic heterocycles. The Bertz CT molecular complexity index is 822. The Morgan fingerprint density at radius 2 is 2.04 bits per heavy atom. The first-order valence-corrected chi connectivity index (χ1v) is 8.92. The molecule has 2 aromatic rings. The molecule has 1 aliphatic rings. The third kappa shape index (κ3) is 3.49. The molecule has 0 bridgehead atoms. The van der Waals surface area contributed by atoms with E-state index in [-0.39, 0.29) is 17.6 Å². The number of halogens is 1. The Labute approximate surface area is 152 Å². The van der Waals surface area contributed by atoms with Crippen molar-refractivity contribution in [2.24, 2.45) is 5.92 Å². The summed E-state index contributed by atoms with van der Waals surface area (Å²) in [7, 11) is 0. The number of esters is 1. The zero-order valence-electron chi connectivity index (χ0n) is 14.7. The first kappa shape index (κ1) is 17.7. The molecular formula is C20H22ClNO3. The fourth-order valence-corrected chi connectivity index (χ4v) is 3.67. The van der Waals surface area contributed by atoms with Crippen LogP contribution in [0.4, 0.5) is 0 Å². The van der Waals surface area contributed by atoms with Crippen molar-refractivity contribution in [3.8, 4) is 0 Å². The molecule has 1 atom stereocenters. The predicted octanol–water partition coefficient (Wildman–Crippen LogP) is 4.70. The Morgan fingerprint density at radius 1 is 1.32 bits per heavy atom. The Hall–Kier alpha value is -2.07. The van der Waals surface area contributed by atoms with Gasteiger partial charge in [0, 0.05) is 22.7 Å². The topological polar surface area (TPSA) is 59.2 Å². The summed E-state index contributed by atoms with van der Waals surface area (Å²) < 4.78 is 5.31. The van der Waals surface area contributed by atoms with Crippen LogP contribution in [0.15, 0.2) is 24.3 Å². The Kier molecular flexibility index (Phi) is 5.00. The van der Waals surface area contributed by atoms with Gasteiger partial charge < -0.3 is 9.72 Å². The number of carbonyl (C=O) groups excluding carboxylic acids is 2. The maximum Gasteiger partial charge on any atom is 0.355 e. The van der Waals surface area contributed by atoms with E-state index in [1.807, 2.05) is 38.1 Å². The number of aromatic amines is 1. The van der Waals surface area contributed by atoms with Crippen molar-refractivity contribution in [2.75, 3.05) is 6.61 Å². The molecule has 0 saturated heterocycles. The predicted molar refractivity (Wildman–Crippen MR) is 97.5 cm³/mol. The summed E-state index contributed by atoms with van der Waals surface area (Å²) in [5, 5.41) is 0.670. The van der Waals surface area contributed by atoms with Crippen LogP contribution in [0, 0.1) is 12.8 Å². The summed E-state index contributed by atoms with van der Waals surface area (Å²) in [6.07, 6.45) is 1.05. The molecule has 5 heteroatoms. The average Bonchev–Trinajstić information content (AvgIpc) is 2.90. The van der Waals surface area contributed by atoms with Crippen molar-refractivity contribution in [3.63, 3.8) is 0 Å². The number of ketones is 1. The number of H-pyrrole nitrogens is 1. The number of rotatable bonds is 4. The van der Waals surface area contributed by atoms with Crippen molar-refractivity contribution >= 4 is 23.4 Å². The zero-order chi connectivity index (χ0) is 18.1. The number of hydrogen-bond acceptors (Lipinski definition) is 3. The van der Waals surface area contributed by atoms with Gasteiger partial charge in [-0.15, -0.1) is 0 Å². The summed E-state index contributed by atoms with van der Waals surface area (Å²) in [4.78, 5) is 28.1. The van der Waals surface area contributed by atoms with E-state index in [9.17, 15) is 9.59 Å². The second-order valence-corrected chi connectivity index (χ2v) is 7.43. The molecule has 1 aliphatic carbocycles. The third-order valence-corrected chi connectivity index (χ3v) is 4.93. The minimum absolute atomic E-state index is 0.0197. The largest absolute Gasteiger partial charge is 0.461 e. The van der Waals surface area contributed by atoms with Gasteiger partial charge in [0.1, 0.15) is 5.69 Å². The van der Waals surface area contributed by atoms with E-state index in [0.717, 1.165) is 11.3 Å². The van der Waals surface area contributed by atoms with Crippen LogP contribution in [-0.4, -0.2) is 23.3 Å². The molecule has 0 fully saturated rings. The number of benzene rings is 1. The quantitative estimate of drug-likeness (QED) is 0.805. The lowest BCUT2D eigenvalue weighted by Gasteiger charge is -2.22. The minimum Gasteiger partial charge on any atom is -0.461 e. The number of nitrogens with one attached hydrogen (secondary N) is 1. The molecule has 1 aromatic carbocycles. The van der Waals surface area contributed by atoms with Crippen LogP contribution in [0.5, 0.6) is 0 Å². The van der Waals surface area contributed by atoms with Crippen LogP contribution in [0.3, 0.4) is 0 Å². The van der Waals surface area contributed by atoms with Crippen molar-refractivity contribution in [1.82, 2.24) is 4.98 Å². The second-order valence-electron chi connectivity index (χ2n) is 7.02. The fraction of sp³-hybridized carbons (Fsp3) is 0.400. The Balaban J connectivity index is 1.90. The van der Waals surface area contributed by atoms with E-state index >= 15 is 0 Å². The lowest BCUT2D eigenvalue weighted by molar-refractivity contribution is 0.0451.